The molecule has 1 aromatic heterocycles. The Kier molecular flexibility index (Phi) is 3.64. The molecule has 2 aromatic rings. The summed E-state index contributed by atoms with van der Waals surface area (Å²) in [5, 5.41) is 9.78. The summed E-state index contributed by atoms with van der Waals surface area (Å²) in [6, 6.07) is 5.83. The van der Waals surface area contributed by atoms with Gasteiger partial charge >= 0.3 is 6.18 Å². The zero-order valence-electron chi connectivity index (χ0n) is 12.1. The highest BCUT2D eigenvalue weighted by Crippen LogP contribution is 2.48. The van der Waals surface area contributed by atoms with Gasteiger partial charge in [-0.05, 0) is 18.6 Å². The van der Waals surface area contributed by atoms with Gasteiger partial charge in [0.05, 0.1) is 12.1 Å². The van der Waals surface area contributed by atoms with Crippen LogP contribution in [0.1, 0.15) is 29.3 Å². The van der Waals surface area contributed by atoms with Crippen molar-refractivity contribution in [3.8, 4) is 5.69 Å². The number of benzene rings is 1. The maximum absolute atomic E-state index is 13.7. The number of nitrogens with zero attached hydrogens (tertiary/aromatic N) is 2. The Bertz CT molecular complexity index is 832. The number of aliphatic hydroxyl groups excluding tert-OH is 1. The summed E-state index contributed by atoms with van der Waals surface area (Å²) in [5.74, 6) is -3.61. The molecule has 24 heavy (non-hydrogen) atoms. The van der Waals surface area contributed by atoms with Gasteiger partial charge in [0.2, 0.25) is 0 Å². The Labute approximate surface area is 133 Å². The average molecular weight is 342 g/mol. The first-order valence-corrected chi connectivity index (χ1v) is 7.00. The third kappa shape index (κ3) is 2.55. The third-order valence-corrected chi connectivity index (χ3v) is 4.06. The lowest BCUT2D eigenvalue weighted by Gasteiger charge is -2.29. The first-order chi connectivity index (χ1) is 11.1. The average Bonchev–Trinajstić information content (AvgIpc) is 2.91. The van der Waals surface area contributed by atoms with E-state index in [1.165, 1.54) is 24.3 Å². The number of rotatable bonds is 1. The molecule has 0 aliphatic heterocycles. The zero-order chi connectivity index (χ0) is 17.7. The monoisotopic (exact) mass is 342 g/mol. The van der Waals surface area contributed by atoms with Gasteiger partial charge in [-0.2, -0.15) is 13.2 Å². The molecule has 1 aromatic carbocycles. The van der Waals surface area contributed by atoms with Gasteiger partial charge in [-0.1, -0.05) is 12.1 Å². The van der Waals surface area contributed by atoms with Crippen molar-refractivity contribution in [2.45, 2.75) is 31.0 Å². The van der Waals surface area contributed by atoms with Gasteiger partial charge < -0.3 is 9.67 Å². The minimum absolute atomic E-state index is 0.0112. The summed E-state index contributed by atoms with van der Waals surface area (Å²) >= 11 is 0. The van der Waals surface area contributed by atoms with E-state index in [4.69, 9.17) is 6.57 Å². The van der Waals surface area contributed by atoms with E-state index in [1.807, 2.05) is 0 Å². The van der Waals surface area contributed by atoms with Crippen molar-refractivity contribution in [1.82, 2.24) is 4.57 Å². The first-order valence-electron chi connectivity index (χ1n) is 7.00. The van der Waals surface area contributed by atoms with E-state index in [0.717, 1.165) is 4.57 Å². The largest absolute Gasteiger partial charge is 0.418 e. The van der Waals surface area contributed by atoms with Gasteiger partial charge in [-0.25, -0.2) is 13.6 Å². The van der Waals surface area contributed by atoms with E-state index in [9.17, 15) is 27.1 Å². The van der Waals surface area contributed by atoms with Crippen molar-refractivity contribution in [3.05, 3.63) is 58.7 Å². The molecular formula is C16H11F5N2O. The maximum atomic E-state index is 13.7. The van der Waals surface area contributed by atoms with Crippen LogP contribution in [-0.2, 0) is 12.6 Å². The number of hydrogen-bond donors (Lipinski definition) is 1. The van der Waals surface area contributed by atoms with Gasteiger partial charge in [-0.15, -0.1) is 0 Å². The second kappa shape index (κ2) is 5.31. The molecule has 3 nitrogen and oxygen atoms in total. The highest BCUT2D eigenvalue weighted by molar-refractivity contribution is 5.54. The minimum atomic E-state index is -4.87. The van der Waals surface area contributed by atoms with Gasteiger partial charge in [0, 0.05) is 29.6 Å². The van der Waals surface area contributed by atoms with Crippen molar-refractivity contribution in [2.75, 3.05) is 0 Å². The molecule has 1 atom stereocenters. The van der Waals surface area contributed by atoms with Crippen molar-refractivity contribution in [1.29, 1.82) is 0 Å². The van der Waals surface area contributed by atoms with E-state index in [0.29, 0.717) is 6.20 Å². The smallest absolute Gasteiger partial charge is 0.382 e. The fourth-order valence-electron chi connectivity index (χ4n) is 2.92. The van der Waals surface area contributed by atoms with Crippen molar-refractivity contribution in [3.63, 3.8) is 0 Å². The molecule has 1 unspecified atom stereocenters. The number of aromatic nitrogens is 1. The predicted octanol–water partition coefficient (Wildman–Crippen LogP) is 4.66. The van der Waals surface area contributed by atoms with E-state index in [1.54, 1.807) is 0 Å². The molecule has 0 fully saturated rings. The summed E-state index contributed by atoms with van der Waals surface area (Å²) in [6.45, 7) is 6.98. The summed E-state index contributed by atoms with van der Waals surface area (Å²) in [4.78, 5) is 3.21. The lowest BCUT2D eigenvalue weighted by molar-refractivity contribution is -0.147. The topological polar surface area (TPSA) is 29.5 Å². The normalized spacial score (nSPS) is 19.6. The van der Waals surface area contributed by atoms with Crippen LogP contribution in [0, 0.1) is 6.57 Å². The van der Waals surface area contributed by atoms with Crippen LogP contribution in [0.25, 0.3) is 10.5 Å². The van der Waals surface area contributed by atoms with Gasteiger partial charge in [-0.3, -0.25) is 0 Å². The van der Waals surface area contributed by atoms with Gasteiger partial charge in [0.15, 0.2) is 5.69 Å². The molecule has 3 rings (SSSR count). The molecule has 0 radical (unpaired) electrons. The van der Waals surface area contributed by atoms with Crippen molar-refractivity contribution in [2.24, 2.45) is 0 Å². The van der Waals surface area contributed by atoms with Crippen LogP contribution in [0.3, 0.4) is 0 Å². The molecule has 0 bridgehead atoms. The Morgan fingerprint density at radius 2 is 2.00 bits per heavy atom. The predicted molar refractivity (Wildman–Crippen MR) is 75.3 cm³/mol. The van der Waals surface area contributed by atoms with Crippen LogP contribution in [0.5, 0.6) is 0 Å². The Balaban J connectivity index is 2.25. The van der Waals surface area contributed by atoms with E-state index >= 15 is 0 Å². The number of aliphatic hydroxyl groups is 1. The fraction of sp³-hybridized carbons (Fsp3) is 0.312. The fourth-order valence-corrected chi connectivity index (χ4v) is 2.92. The van der Waals surface area contributed by atoms with Crippen molar-refractivity contribution < 1.29 is 27.1 Å². The van der Waals surface area contributed by atoms with E-state index < -0.39 is 35.8 Å². The molecule has 0 amide bonds. The summed E-state index contributed by atoms with van der Waals surface area (Å²) < 4.78 is 68.3. The highest BCUT2D eigenvalue weighted by atomic mass is 19.4. The summed E-state index contributed by atoms with van der Waals surface area (Å²) in [5.41, 5.74) is -1.61. The molecule has 1 aliphatic carbocycles. The molecule has 8 heteroatoms. The number of hydrogen-bond acceptors (Lipinski definition) is 1. The molecule has 126 valence electrons. The second-order valence-electron chi connectivity index (χ2n) is 5.57. The molecule has 0 saturated carbocycles. The lowest BCUT2D eigenvalue weighted by atomic mass is 9.89. The zero-order valence-corrected chi connectivity index (χ0v) is 12.1. The van der Waals surface area contributed by atoms with Crippen LogP contribution in [0.15, 0.2) is 30.5 Å². The van der Waals surface area contributed by atoms with Crippen LogP contribution < -0.4 is 0 Å². The Morgan fingerprint density at radius 1 is 1.29 bits per heavy atom. The Morgan fingerprint density at radius 3 is 2.62 bits per heavy atom. The standard InChI is InChI=1S/C16H11F5N2O/c1-22-9-3-2-4-10(7-9)23-8-11(16(19,20)21)13-12(23)5-6-15(17,18)14(13)24/h2-4,7-8,14,24H,5-6H2. The molecule has 0 spiro atoms. The van der Waals surface area contributed by atoms with Crippen LogP contribution >= 0.6 is 0 Å². The maximum Gasteiger partial charge on any atom is 0.418 e. The summed E-state index contributed by atoms with van der Waals surface area (Å²) in [6.07, 6.45) is -7.73. The molecule has 1 N–H and O–H groups in total. The lowest BCUT2D eigenvalue weighted by Crippen LogP contribution is -2.33. The van der Waals surface area contributed by atoms with Crippen LogP contribution in [0.2, 0.25) is 0 Å². The number of fused-ring (bicyclic) bond motifs is 1. The van der Waals surface area contributed by atoms with Gasteiger partial charge in [0.25, 0.3) is 5.92 Å². The number of alkyl halides is 5. The quantitative estimate of drug-likeness (QED) is 0.593. The highest BCUT2D eigenvalue weighted by Gasteiger charge is 2.50. The van der Waals surface area contributed by atoms with Crippen molar-refractivity contribution >= 4 is 5.69 Å². The van der Waals surface area contributed by atoms with Crippen LogP contribution in [-0.4, -0.2) is 15.6 Å². The van der Waals surface area contributed by atoms with E-state index in [-0.39, 0.29) is 23.5 Å². The SMILES string of the molecule is [C-]#[N+]c1cccc(-n2cc(C(F)(F)F)c3c2CCC(F)(F)C3O)c1. The number of halogens is 5. The molecule has 1 heterocycles. The van der Waals surface area contributed by atoms with Crippen LogP contribution in [0.4, 0.5) is 27.6 Å². The second-order valence-corrected chi connectivity index (χ2v) is 5.57. The molecule has 0 saturated heterocycles. The Hall–Kier alpha value is -2.40. The molecular weight excluding hydrogens is 331 g/mol. The first kappa shape index (κ1) is 16.5. The van der Waals surface area contributed by atoms with Gasteiger partial charge in [0.1, 0.15) is 6.10 Å². The van der Waals surface area contributed by atoms with E-state index in [2.05, 4.69) is 4.85 Å². The molecule has 1 aliphatic rings. The summed E-state index contributed by atoms with van der Waals surface area (Å²) in [7, 11) is 0. The minimum Gasteiger partial charge on any atom is -0.382 e. The third-order valence-electron chi connectivity index (χ3n) is 4.06.